The Morgan fingerprint density at radius 3 is 2.87 bits per heavy atom. The first kappa shape index (κ1) is 20.1. The van der Waals surface area contributed by atoms with Gasteiger partial charge >= 0.3 is 6.09 Å². The summed E-state index contributed by atoms with van der Waals surface area (Å²) in [6, 6.07) is 18.6. The van der Waals surface area contributed by atoms with E-state index in [0.717, 1.165) is 30.5 Å². The number of aromatic nitrogens is 1. The molecule has 0 radical (unpaired) electrons. The van der Waals surface area contributed by atoms with Crippen molar-refractivity contribution in [2.24, 2.45) is 5.92 Å². The zero-order valence-corrected chi connectivity index (χ0v) is 17.5. The highest BCUT2D eigenvalue weighted by Gasteiger charge is 2.39. The van der Waals surface area contributed by atoms with E-state index in [2.05, 4.69) is 34.6 Å². The largest absolute Gasteiger partial charge is 0.444 e. The van der Waals surface area contributed by atoms with Crippen LogP contribution in [0.2, 0.25) is 0 Å². The molecule has 1 amide bonds. The average molecular weight is 422 g/mol. The Hall–Kier alpha value is -2.86. The Labute approximate surface area is 181 Å². The highest BCUT2D eigenvalue weighted by molar-refractivity contribution is 5.80. The Bertz CT molecular complexity index is 1040. The molecular weight excluding hydrogens is 393 g/mol. The van der Waals surface area contributed by atoms with E-state index in [1.807, 2.05) is 36.5 Å². The van der Waals surface area contributed by atoms with Gasteiger partial charge in [-0.3, -0.25) is 4.90 Å². The van der Waals surface area contributed by atoms with Gasteiger partial charge in [-0.1, -0.05) is 36.4 Å². The van der Waals surface area contributed by atoms with E-state index in [0.29, 0.717) is 24.9 Å². The molecule has 6 heteroatoms. The third kappa shape index (κ3) is 4.59. The molecule has 1 saturated heterocycles. The van der Waals surface area contributed by atoms with Crippen LogP contribution in [0, 0.1) is 5.92 Å². The van der Waals surface area contributed by atoms with Crippen LogP contribution in [0.4, 0.5) is 9.18 Å². The standard InChI is InChI=1S/C25H28FN3O2/c26-24-12-18(9-11-29(24)25(30)31-16-17-4-2-1-3-5-17)15-28-23-14-21(23)19-6-7-22-20(13-19)8-10-27-22/h1-8,10,13,18,21,23-24,27-28H,9,11-12,14-16H2/t18?,21-,23+,24?/m0/s1. The number of fused-ring (bicyclic) bond motifs is 1. The van der Waals surface area contributed by atoms with Crippen LogP contribution in [-0.4, -0.2) is 41.4 Å². The zero-order chi connectivity index (χ0) is 21.2. The highest BCUT2D eigenvalue weighted by Crippen LogP contribution is 2.42. The number of hydrogen-bond donors (Lipinski definition) is 2. The lowest BCUT2D eigenvalue weighted by atomic mass is 9.96. The van der Waals surface area contributed by atoms with E-state index in [4.69, 9.17) is 4.74 Å². The summed E-state index contributed by atoms with van der Waals surface area (Å²) in [6.07, 6.45) is 2.40. The summed E-state index contributed by atoms with van der Waals surface area (Å²) >= 11 is 0. The Balaban J connectivity index is 1.06. The van der Waals surface area contributed by atoms with E-state index >= 15 is 0 Å². The monoisotopic (exact) mass is 421 g/mol. The number of rotatable bonds is 6. The molecule has 2 unspecified atom stereocenters. The molecule has 0 spiro atoms. The number of hydrogen-bond acceptors (Lipinski definition) is 3. The maximum absolute atomic E-state index is 14.7. The van der Waals surface area contributed by atoms with Crippen LogP contribution in [0.3, 0.4) is 0 Å². The van der Waals surface area contributed by atoms with E-state index in [1.165, 1.54) is 15.8 Å². The summed E-state index contributed by atoms with van der Waals surface area (Å²) in [6.45, 7) is 1.37. The predicted molar refractivity (Wildman–Crippen MR) is 118 cm³/mol. The predicted octanol–water partition coefficient (Wildman–Crippen LogP) is 4.96. The molecule has 4 atom stereocenters. The van der Waals surface area contributed by atoms with Crippen LogP contribution < -0.4 is 5.32 Å². The van der Waals surface area contributed by atoms with Gasteiger partial charge in [-0.25, -0.2) is 9.18 Å². The molecule has 5 nitrogen and oxygen atoms in total. The van der Waals surface area contributed by atoms with Crippen LogP contribution in [0.15, 0.2) is 60.8 Å². The number of piperidine rings is 1. The minimum atomic E-state index is -1.28. The second-order valence-corrected chi connectivity index (χ2v) is 8.74. The first-order valence-corrected chi connectivity index (χ1v) is 11.1. The fourth-order valence-electron chi connectivity index (χ4n) is 4.58. The lowest BCUT2D eigenvalue weighted by molar-refractivity contribution is 0.00934. The molecule has 5 rings (SSSR count). The number of likely N-dealkylation sites (tertiary alicyclic amines) is 1. The third-order valence-corrected chi connectivity index (χ3v) is 6.55. The maximum atomic E-state index is 14.7. The number of aromatic amines is 1. The molecule has 31 heavy (non-hydrogen) atoms. The number of benzene rings is 2. The molecule has 3 aromatic rings. The molecule has 1 aliphatic carbocycles. The number of carbonyl (C=O) groups is 1. The molecule has 0 bridgehead atoms. The van der Waals surface area contributed by atoms with Gasteiger partial charge in [0.15, 0.2) is 6.30 Å². The molecule has 2 aromatic carbocycles. The Kier molecular flexibility index (Phi) is 5.64. The van der Waals surface area contributed by atoms with Gasteiger partial charge in [0.1, 0.15) is 6.61 Å². The second-order valence-electron chi connectivity index (χ2n) is 8.74. The van der Waals surface area contributed by atoms with Crippen molar-refractivity contribution < 1.29 is 13.9 Å². The van der Waals surface area contributed by atoms with Gasteiger partial charge in [0.25, 0.3) is 0 Å². The minimum absolute atomic E-state index is 0.172. The maximum Gasteiger partial charge on any atom is 0.412 e. The van der Waals surface area contributed by atoms with Crippen molar-refractivity contribution in [1.29, 1.82) is 0 Å². The van der Waals surface area contributed by atoms with Crippen molar-refractivity contribution in [3.63, 3.8) is 0 Å². The normalized spacial score (nSPS) is 25.5. The quantitative estimate of drug-likeness (QED) is 0.553. The number of nitrogens with one attached hydrogen (secondary N) is 2. The number of H-pyrrole nitrogens is 1. The van der Waals surface area contributed by atoms with Crippen LogP contribution in [0.5, 0.6) is 0 Å². The van der Waals surface area contributed by atoms with Gasteiger partial charge in [-0.2, -0.15) is 0 Å². The van der Waals surface area contributed by atoms with Gasteiger partial charge in [-0.05, 0) is 60.0 Å². The van der Waals surface area contributed by atoms with Gasteiger partial charge < -0.3 is 15.0 Å². The van der Waals surface area contributed by atoms with E-state index in [-0.39, 0.29) is 12.5 Å². The summed E-state index contributed by atoms with van der Waals surface area (Å²) < 4.78 is 20.0. The minimum Gasteiger partial charge on any atom is -0.444 e. The van der Waals surface area contributed by atoms with Crippen molar-refractivity contribution in [3.05, 3.63) is 71.9 Å². The fraction of sp³-hybridized carbons (Fsp3) is 0.400. The third-order valence-electron chi connectivity index (χ3n) is 6.55. The molecule has 2 aliphatic rings. The summed E-state index contributed by atoms with van der Waals surface area (Å²) in [4.78, 5) is 16.7. The molecule has 1 aromatic heterocycles. The van der Waals surface area contributed by atoms with Crippen LogP contribution >= 0.6 is 0 Å². The summed E-state index contributed by atoms with van der Waals surface area (Å²) in [5.41, 5.74) is 3.43. The molecule has 1 saturated carbocycles. The van der Waals surface area contributed by atoms with Crippen molar-refractivity contribution in [2.45, 2.75) is 44.1 Å². The smallest absolute Gasteiger partial charge is 0.412 e. The zero-order valence-electron chi connectivity index (χ0n) is 17.5. The first-order chi connectivity index (χ1) is 15.2. The van der Waals surface area contributed by atoms with Gasteiger partial charge in [0.2, 0.25) is 0 Å². The number of amides is 1. The molecule has 162 valence electrons. The summed E-state index contributed by atoms with van der Waals surface area (Å²) in [5.74, 6) is 0.773. The van der Waals surface area contributed by atoms with Crippen molar-refractivity contribution in [3.8, 4) is 0 Å². The number of alkyl halides is 1. The molecule has 2 fully saturated rings. The van der Waals surface area contributed by atoms with Gasteiger partial charge in [0.05, 0.1) is 0 Å². The van der Waals surface area contributed by atoms with Crippen LogP contribution in [0.25, 0.3) is 10.9 Å². The van der Waals surface area contributed by atoms with Gasteiger partial charge in [-0.15, -0.1) is 0 Å². The molecule has 2 N–H and O–H groups in total. The van der Waals surface area contributed by atoms with Crippen LogP contribution in [0.1, 0.15) is 36.3 Å². The SMILES string of the molecule is O=C(OCc1ccccc1)N1CCC(CN[C@@H]2C[C@H]2c2ccc3[nH]ccc3c2)CC1F. The van der Waals surface area contributed by atoms with E-state index in [1.54, 1.807) is 0 Å². The highest BCUT2D eigenvalue weighted by atomic mass is 19.1. The fourth-order valence-corrected chi connectivity index (χ4v) is 4.58. The number of nitrogens with zero attached hydrogens (tertiary/aromatic N) is 1. The van der Waals surface area contributed by atoms with Crippen molar-refractivity contribution in [1.82, 2.24) is 15.2 Å². The molecule has 2 heterocycles. The lowest BCUT2D eigenvalue weighted by Gasteiger charge is -2.34. The Morgan fingerprint density at radius 2 is 2.03 bits per heavy atom. The number of halogens is 1. The van der Waals surface area contributed by atoms with Crippen molar-refractivity contribution >= 4 is 17.0 Å². The number of carbonyl (C=O) groups excluding carboxylic acids is 1. The summed E-state index contributed by atoms with van der Waals surface area (Å²) in [5, 5.41) is 4.86. The van der Waals surface area contributed by atoms with Crippen LogP contribution in [-0.2, 0) is 11.3 Å². The molecular formula is C25H28FN3O2. The first-order valence-electron chi connectivity index (χ1n) is 11.1. The summed E-state index contributed by atoms with van der Waals surface area (Å²) in [7, 11) is 0. The number of ether oxygens (including phenoxy) is 1. The molecule has 1 aliphatic heterocycles. The topological polar surface area (TPSA) is 57.4 Å². The van der Waals surface area contributed by atoms with Gasteiger partial charge in [0, 0.05) is 36.6 Å². The Morgan fingerprint density at radius 1 is 1.16 bits per heavy atom. The van der Waals surface area contributed by atoms with E-state index in [9.17, 15) is 9.18 Å². The average Bonchev–Trinajstić information content (AvgIpc) is 3.42. The lowest BCUT2D eigenvalue weighted by Crippen LogP contribution is -2.46. The van der Waals surface area contributed by atoms with Crippen molar-refractivity contribution in [2.75, 3.05) is 13.1 Å². The second kappa shape index (κ2) is 8.71. The van der Waals surface area contributed by atoms with E-state index < -0.39 is 12.4 Å².